The Bertz CT molecular complexity index is 1410. The highest BCUT2D eigenvalue weighted by Gasteiger charge is 2.43. The van der Waals surface area contributed by atoms with Crippen molar-refractivity contribution in [2.24, 2.45) is 13.0 Å². The van der Waals surface area contributed by atoms with Crippen LogP contribution in [0.4, 0.5) is 5.69 Å². The number of imidazole rings is 1. The number of anilines is 1. The first-order chi connectivity index (χ1) is 20.7. The van der Waals surface area contributed by atoms with Crippen LogP contribution in [0.15, 0.2) is 54.9 Å². The average Bonchev–Trinajstić information content (AvgIpc) is 3.69. The molecule has 2 aliphatic heterocycles. The molecule has 0 saturated carbocycles. The van der Waals surface area contributed by atoms with Crippen LogP contribution in [-0.4, -0.2) is 84.7 Å². The fourth-order valence-corrected chi connectivity index (χ4v) is 6.49. The highest BCUT2D eigenvalue weighted by molar-refractivity contribution is 5.95. The topological polar surface area (TPSA) is 76.9 Å². The van der Waals surface area contributed by atoms with Crippen molar-refractivity contribution < 1.29 is 23.5 Å². The van der Waals surface area contributed by atoms with Crippen molar-refractivity contribution in [3.63, 3.8) is 0 Å². The first-order valence-corrected chi connectivity index (χ1v) is 15.4. The minimum absolute atomic E-state index is 0.0526. The first-order valence-electron chi connectivity index (χ1n) is 15.4. The van der Waals surface area contributed by atoms with E-state index in [0.29, 0.717) is 18.8 Å². The molecular formula is C34H46N5O4+. The number of aldehydes is 1. The van der Waals surface area contributed by atoms with Crippen LogP contribution in [0.3, 0.4) is 0 Å². The Morgan fingerprint density at radius 2 is 1.95 bits per heavy atom. The van der Waals surface area contributed by atoms with Gasteiger partial charge in [0.25, 0.3) is 0 Å². The molecule has 2 aliphatic rings. The third-order valence-electron chi connectivity index (χ3n) is 8.63. The van der Waals surface area contributed by atoms with Crippen LogP contribution in [0.1, 0.15) is 49.1 Å². The van der Waals surface area contributed by atoms with Crippen LogP contribution in [0.25, 0.3) is 0 Å². The summed E-state index contributed by atoms with van der Waals surface area (Å²) < 4.78 is 14.0. The Balaban J connectivity index is 1.41. The van der Waals surface area contributed by atoms with E-state index < -0.39 is 0 Å². The predicted molar refractivity (Wildman–Crippen MR) is 167 cm³/mol. The zero-order chi connectivity index (χ0) is 30.6. The minimum Gasteiger partial charge on any atom is -0.454 e. The van der Waals surface area contributed by atoms with Gasteiger partial charge in [-0.15, -0.1) is 0 Å². The molecule has 9 nitrogen and oxygen atoms in total. The highest BCUT2D eigenvalue weighted by Crippen LogP contribution is 2.42. The van der Waals surface area contributed by atoms with Gasteiger partial charge in [0.05, 0.1) is 27.7 Å². The van der Waals surface area contributed by atoms with E-state index in [9.17, 15) is 9.59 Å². The van der Waals surface area contributed by atoms with E-state index in [1.54, 1.807) is 6.20 Å². The molecule has 3 aromatic rings. The van der Waals surface area contributed by atoms with Crippen molar-refractivity contribution in [2.75, 3.05) is 52.5 Å². The van der Waals surface area contributed by atoms with Gasteiger partial charge in [0.15, 0.2) is 11.5 Å². The SMILES string of the molecule is CCCCN(C(=O)CN1C[C@H](c2ccc3c(c2)OCO3)[C@@H](C=O)[C@@H]1CCc1nccn1C)c1cccc(C[N+](C)(C)C)c1. The second-order valence-corrected chi connectivity index (χ2v) is 12.9. The van der Waals surface area contributed by atoms with Crippen molar-refractivity contribution in [2.45, 2.75) is 51.1 Å². The van der Waals surface area contributed by atoms with Crippen molar-refractivity contribution in [3.05, 3.63) is 71.8 Å². The molecule has 1 saturated heterocycles. The number of aryl methyl sites for hydroxylation is 2. The molecule has 1 fully saturated rings. The van der Waals surface area contributed by atoms with Gasteiger partial charge in [0.2, 0.25) is 12.7 Å². The molecule has 1 aromatic heterocycles. The normalized spacial score (nSPS) is 20.0. The summed E-state index contributed by atoms with van der Waals surface area (Å²) in [4.78, 5) is 35.6. The third kappa shape index (κ3) is 7.28. The maximum Gasteiger partial charge on any atom is 0.241 e. The van der Waals surface area contributed by atoms with Crippen LogP contribution in [-0.2, 0) is 29.6 Å². The summed E-state index contributed by atoms with van der Waals surface area (Å²) in [5.41, 5.74) is 3.18. The van der Waals surface area contributed by atoms with E-state index in [0.717, 1.165) is 65.8 Å². The van der Waals surface area contributed by atoms with Crippen molar-refractivity contribution in [1.29, 1.82) is 0 Å². The largest absolute Gasteiger partial charge is 0.454 e. The van der Waals surface area contributed by atoms with Gasteiger partial charge in [-0.25, -0.2) is 4.98 Å². The lowest BCUT2D eigenvalue weighted by atomic mass is 9.84. The number of benzene rings is 2. The smallest absolute Gasteiger partial charge is 0.241 e. The van der Waals surface area contributed by atoms with Gasteiger partial charge >= 0.3 is 0 Å². The Labute approximate surface area is 255 Å². The molecule has 0 radical (unpaired) electrons. The van der Waals surface area contributed by atoms with Crippen molar-refractivity contribution in [1.82, 2.24) is 14.5 Å². The van der Waals surface area contributed by atoms with Crippen LogP contribution in [0.2, 0.25) is 0 Å². The third-order valence-corrected chi connectivity index (χ3v) is 8.63. The highest BCUT2D eigenvalue weighted by atomic mass is 16.7. The number of rotatable bonds is 13. The summed E-state index contributed by atoms with van der Waals surface area (Å²) in [6.45, 7) is 4.76. The molecule has 43 heavy (non-hydrogen) atoms. The van der Waals surface area contributed by atoms with Gasteiger partial charge in [0, 0.05) is 68.1 Å². The Morgan fingerprint density at radius 3 is 2.67 bits per heavy atom. The number of carbonyl (C=O) groups is 2. The number of hydrogen-bond acceptors (Lipinski definition) is 6. The van der Waals surface area contributed by atoms with Crippen LogP contribution < -0.4 is 14.4 Å². The number of likely N-dealkylation sites (tertiary alicyclic amines) is 1. The van der Waals surface area contributed by atoms with Gasteiger partial charge in [-0.05, 0) is 42.7 Å². The number of aromatic nitrogens is 2. The summed E-state index contributed by atoms with van der Waals surface area (Å²) in [5.74, 6) is 2.16. The van der Waals surface area contributed by atoms with Crippen molar-refractivity contribution >= 4 is 17.9 Å². The molecule has 5 rings (SSSR count). The summed E-state index contributed by atoms with van der Waals surface area (Å²) in [6.07, 6.45) is 8.21. The number of fused-ring (bicyclic) bond motifs is 1. The van der Waals surface area contributed by atoms with E-state index in [-0.39, 0.29) is 37.1 Å². The fraction of sp³-hybridized carbons (Fsp3) is 0.500. The van der Waals surface area contributed by atoms with Gasteiger partial charge in [-0.1, -0.05) is 31.5 Å². The number of amides is 1. The average molecular weight is 589 g/mol. The Hall–Kier alpha value is -3.69. The second kappa shape index (κ2) is 13.3. The van der Waals surface area contributed by atoms with E-state index in [4.69, 9.17) is 9.47 Å². The van der Waals surface area contributed by atoms with E-state index in [1.165, 1.54) is 5.56 Å². The number of unbranched alkanes of at least 4 members (excludes halogenated alkanes) is 1. The van der Waals surface area contributed by atoms with Gasteiger partial charge in [-0.3, -0.25) is 9.69 Å². The minimum atomic E-state index is -0.259. The quantitative estimate of drug-likeness (QED) is 0.218. The predicted octanol–water partition coefficient (Wildman–Crippen LogP) is 4.40. The lowest BCUT2D eigenvalue weighted by molar-refractivity contribution is -0.884. The summed E-state index contributed by atoms with van der Waals surface area (Å²) in [6, 6.07) is 14.2. The fourth-order valence-electron chi connectivity index (χ4n) is 6.49. The zero-order valence-corrected chi connectivity index (χ0v) is 26.2. The Morgan fingerprint density at radius 1 is 1.14 bits per heavy atom. The maximum absolute atomic E-state index is 14.2. The molecule has 0 unspecified atom stereocenters. The van der Waals surface area contributed by atoms with Gasteiger partial charge in [-0.2, -0.15) is 0 Å². The number of ether oxygens (including phenoxy) is 2. The zero-order valence-electron chi connectivity index (χ0n) is 26.2. The first kappa shape index (κ1) is 30.8. The van der Waals surface area contributed by atoms with Crippen LogP contribution in [0, 0.1) is 5.92 Å². The van der Waals surface area contributed by atoms with Crippen LogP contribution >= 0.6 is 0 Å². The monoisotopic (exact) mass is 588 g/mol. The second-order valence-electron chi connectivity index (χ2n) is 12.9. The standard InChI is InChI=1S/C34H46N5O4/c1-6-7-16-38(27-10-8-9-25(18-27)22-39(3,4)5)34(41)21-37-20-28(26-11-13-31-32(19-26)43-24-42-31)29(23-40)30(37)12-14-33-35-15-17-36(33)2/h8-11,13,15,17-19,23,28-30H,6-7,12,14,16,20-22,24H2,1-5H3/q+1/t28-,29-,30+/m1/s1. The van der Waals surface area contributed by atoms with Gasteiger partial charge in [0.1, 0.15) is 18.7 Å². The number of hydrogen-bond donors (Lipinski definition) is 0. The molecule has 0 bridgehead atoms. The van der Waals surface area contributed by atoms with Gasteiger partial charge < -0.3 is 28.2 Å². The molecule has 2 aromatic carbocycles. The lowest BCUT2D eigenvalue weighted by Crippen LogP contribution is -2.44. The van der Waals surface area contributed by atoms with E-state index in [1.807, 2.05) is 47.0 Å². The molecule has 0 spiro atoms. The molecule has 230 valence electrons. The van der Waals surface area contributed by atoms with Crippen molar-refractivity contribution in [3.8, 4) is 11.5 Å². The molecule has 3 atom stereocenters. The summed E-state index contributed by atoms with van der Waals surface area (Å²) in [5, 5.41) is 0. The molecule has 1 amide bonds. The number of quaternary nitrogens is 1. The number of nitrogens with zero attached hydrogens (tertiary/aromatic N) is 5. The molecule has 9 heteroatoms. The van der Waals surface area contributed by atoms with E-state index >= 15 is 0 Å². The molecular weight excluding hydrogens is 542 g/mol. The molecule has 0 N–H and O–H groups in total. The Kier molecular flexibility index (Phi) is 9.52. The number of carbonyl (C=O) groups excluding carboxylic acids is 2. The lowest BCUT2D eigenvalue weighted by Gasteiger charge is -2.30. The molecule has 3 heterocycles. The molecule has 0 aliphatic carbocycles. The summed E-state index contributed by atoms with van der Waals surface area (Å²) in [7, 11) is 8.50. The summed E-state index contributed by atoms with van der Waals surface area (Å²) >= 11 is 0. The van der Waals surface area contributed by atoms with Crippen LogP contribution in [0.5, 0.6) is 11.5 Å². The maximum atomic E-state index is 14.2. The van der Waals surface area contributed by atoms with E-state index in [2.05, 4.69) is 56.1 Å².